The van der Waals surface area contributed by atoms with Crippen LogP contribution in [0.25, 0.3) is 0 Å². The van der Waals surface area contributed by atoms with Gasteiger partial charge in [0.25, 0.3) is 5.91 Å². The maximum atomic E-state index is 12.6. The van der Waals surface area contributed by atoms with Crippen LogP contribution < -0.4 is 10.6 Å². The van der Waals surface area contributed by atoms with Gasteiger partial charge in [-0.05, 0) is 25.7 Å². The number of likely N-dealkylation sites (tertiary alicyclic amines) is 1. The number of unbranched alkanes of at least 4 members (excludes halogenated alkanes) is 1. The Kier molecular flexibility index (Phi) is 7.49. The van der Waals surface area contributed by atoms with Crippen molar-refractivity contribution in [3.05, 3.63) is 11.1 Å². The molecule has 1 saturated heterocycles. The Morgan fingerprint density at radius 2 is 2.17 bits per heavy atom. The average molecular weight is 353 g/mol. The zero-order chi connectivity index (χ0) is 17.4. The summed E-state index contributed by atoms with van der Waals surface area (Å²) < 4.78 is 0. The third-order valence-electron chi connectivity index (χ3n) is 4.16. The summed E-state index contributed by atoms with van der Waals surface area (Å²) in [6.07, 6.45) is 4.85. The van der Waals surface area contributed by atoms with Crippen molar-refractivity contribution in [1.29, 1.82) is 0 Å². The highest BCUT2D eigenvalue weighted by Crippen LogP contribution is 2.21. The van der Waals surface area contributed by atoms with Gasteiger partial charge in [-0.2, -0.15) is 0 Å². The zero-order valence-electron chi connectivity index (χ0n) is 14.6. The van der Waals surface area contributed by atoms with Crippen LogP contribution in [0.2, 0.25) is 0 Å². The van der Waals surface area contributed by atoms with Gasteiger partial charge in [-0.3, -0.25) is 9.59 Å². The summed E-state index contributed by atoms with van der Waals surface area (Å²) in [6.45, 7) is 6.94. The molecule has 2 N–H and O–H groups in total. The largest absolute Gasteiger partial charge is 0.362 e. The van der Waals surface area contributed by atoms with Crippen LogP contribution in [0, 0.1) is 5.92 Å². The molecule has 0 saturated carbocycles. The van der Waals surface area contributed by atoms with Crippen molar-refractivity contribution in [2.24, 2.45) is 5.92 Å². The highest BCUT2D eigenvalue weighted by atomic mass is 32.1. The Balaban J connectivity index is 1.90. The van der Waals surface area contributed by atoms with Gasteiger partial charge in [0, 0.05) is 31.6 Å². The topological polar surface area (TPSA) is 74.3 Å². The lowest BCUT2D eigenvalue weighted by atomic mass is 9.97. The summed E-state index contributed by atoms with van der Waals surface area (Å²) in [7, 11) is 0. The average Bonchev–Trinajstić information content (AvgIpc) is 3.08. The number of nitrogens with zero attached hydrogens (tertiary/aromatic N) is 2. The molecule has 1 aromatic rings. The van der Waals surface area contributed by atoms with E-state index in [-0.39, 0.29) is 17.7 Å². The van der Waals surface area contributed by atoms with Gasteiger partial charge < -0.3 is 15.5 Å². The molecule has 7 heteroatoms. The first-order valence-electron chi connectivity index (χ1n) is 8.92. The Bertz CT molecular complexity index is 546. The molecule has 1 aliphatic heterocycles. The quantitative estimate of drug-likeness (QED) is 0.706. The normalized spacial score (nSPS) is 17.6. The molecule has 1 atom stereocenters. The first-order valence-corrected chi connectivity index (χ1v) is 9.80. The van der Waals surface area contributed by atoms with Crippen molar-refractivity contribution in [2.45, 2.75) is 46.0 Å². The molecule has 134 valence electrons. The molecule has 1 unspecified atom stereocenters. The molecule has 0 aromatic carbocycles. The van der Waals surface area contributed by atoms with Gasteiger partial charge in [-0.15, -0.1) is 11.3 Å². The molecule has 0 bridgehead atoms. The molecule has 24 heavy (non-hydrogen) atoms. The summed E-state index contributed by atoms with van der Waals surface area (Å²) in [6, 6.07) is 0. The van der Waals surface area contributed by atoms with Gasteiger partial charge >= 0.3 is 0 Å². The van der Waals surface area contributed by atoms with E-state index >= 15 is 0 Å². The third-order valence-corrected chi connectivity index (χ3v) is 4.96. The summed E-state index contributed by atoms with van der Waals surface area (Å²) in [5, 5.41) is 8.78. The van der Waals surface area contributed by atoms with E-state index in [0.717, 1.165) is 43.8 Å². The van der Waals surface area contributed by atoms with Gasteiger partial charge in [0.1, 0.15) is 5.69 Å². The predicted molar refractivity (Wildman–Crippen MR) is 97.4 cm³/mol. The summed E-state index contributed by atoms with van der Waals surface area (Å²) >= 11 is 1.46. The highest BCUT2D eigenvalue weighted by molar-refractivity contribution is 7.13. The number of anilines is 1. The number of piperidine rings is 1. The van der Waals surface area contributed by atoms with E-state index in [2.05, 4.69) is 22.5 Å². The van der Waals surface area contributed by atoms with Gasteiger partial charge in [-0.25, -0.2) is 4.98 Å². The summed E-state index contributed by atoms with van der Waals surface area (Å²) in [5.41, 5.74) is 0.480. The SMILES string of the molecule is CCCCNc1nc(C(=O)N2CCCC(C(=O)NCCC)C2)cs1. The zero-order valence-corrected chi connectivity index (χ0v) is 15.5. The third kappa shape index (κ3) is 5.19. The standard InChI is InChI=1S/C17H28N4O2S/c1-3-5-9-19-17-20-14(12-24-17)16(23)21-10-6-7-13(11-21)15(22)18-8-4-2/h12-13H,3-11H2,1-2H3,(H,18,22)(H,19,20). The Morgan fingerprint density at radius 3 is 2.92 bits per heavy atom. The minimum atomic E-state index is -0.102. The van der Waals surface area contributed by atoms with Crippen LogP contribution in [0.1, 0.15) is 56.4 Å². The van der Waals surface area contributed by atoms with Crippen LogP contribution in [0.3, 0.4) is 0 Å². The van der Waals surface area contributed by atoms with Crippen LogP contribution in [0.5, 0.6) is 0 Å². The molecule has 0 spiro atoms. The number of nitrogens with one attached hydrogen (secondary N) is 2. The van der Waals surface area contributed by atoms with E-state index in [1.807, 2.05) is 6.92 Å². The van der Waals surface area contributed by atoms with Gasteiger partial charge in [0.15, 0.2) is 5.13 Å². The van der Waals surface area contributed by atoms with Crippen molar-refractivity contribution in [3.63, 3.8) is 0 Å². The second kappa shape index (κ2) is 9.61. The Morgan fingerprint density at radius 1 is 1.33 bits per heavy atom. The van der Waals surface area contributed by atoms with Crippen molar-refractivity contribution in [3.8, 4) is 0 Å². The van der Waals surface area contributed by atoms with E-state index in [1.54, 1.807) is 10.3 Å². The number of amides is 2. The molecule has 1 aromatic heterocycles. The fraction of sp³-hybridized carbons (Fsp3) is 0.706. The fourth-order valence-electron chi connectivity index (χ4n) is 2.76. The van der Waals surface area contributed by atoms with E-state index in [9.17, 15) is 9.59 Å². The number of thiazole rings is 1. The van der Waals surface area contributed by atoms with Crippen molar-refractivity contribution < 1.29 is 9.59 Å². The van der Waals surface area contributed by atoms with Crippen molar-refractivity contribution >= 4 is 28.3 Å². The van der Waals surface area contributed by atoms with Gasteiger partial charge in [0.05, 0.1) is 5.92 Å². The Labute approximate surface area is 148 Å². The number of hydrogen-bond acceptors (Lipinski definition) is 5. The van der Waals surface area contributed by atoms with Gasteiger partial charge in [0.2, 0.25) is 5.91 Å². The lowest BCUT2D eigenvalue weighted by Gasteiger charge is -2.31. The highest BCUT2D eigenvalue weighted by Gasteiger charge is 2.29. The minimum Gasteiger partial charge on any atom is -0.362 e. The molecule has 6 nitrogen and oxygen atoms in total. The number of carbonyl (C=O) groups is 2. The first-order chi connectivity index (χ1) is 11.7. The van der Waals surface area contributed by atoms with Crippen LogP contribution in [-0.4, -0.2) is 47.9 Å². The number of rotatable bonds is 8. The second-order valence-electron chi connectivity index (χ2n) is 6.20. The van der Waals surface area contributed by atoms with Crippen LogP contribution in [0.4, 0.5) is 5.13 Å². The van der Waals surface area contributed by atoms with Crippen molar-refractivity contribution in [1.82, 2.24) is 15.2 Å². The maximum Gasteiger partial charge on any atom is 0.273 e. The number of aromatic nitrogens is 1. The molecular formula is C17H28N4O2S. The van der Waals surface area contributed by atoms with E-state index < -0.39 is 0 Å². The number of hydrogen-bond donors (Lipinski definition) is 2. The lowest BCUT2D eigenvalue weighted by molar-refractivity contribution is -0.126. The van der Waals surface area contributed by atoms with Crippen molar-refractivity contribution in [2.75, 3.05) is 31.5 Å². The molecule has 2 amide bonds. The molecule has 0 aliphatic carbocycles. The molecule has 2 rings (SSSR count). The molecule has 1 aliphatic rings. The summed E-state index contributed by atoms with van der Waals surface area (Å²) in [5.74, 6) is -0.104. The van der Waals surface area contributed by atoms with Crippen LogP contribution in [-0.2, 0) is 4.79 Å². The lowest BCUT2D eigenvalue weighted by Crippen LogP contribution is -2.45. The van der Waals surface area contributed by atoms with Gasteiger partial charge in [-0.1, -0.05) is 20.3 Å². The molecule has 2 heterocycles. The monoisotopic (exact) mass is 352 g/mol. The predicted octanol–water partition coefficient (Wildman–Crippen LogP) is 2.73. The summed E-state index contributed by atoms with van der Waals surface area (Å²) in [4.78, 5) is 30.9. The van der Waals surface area contributed by atoms with Crippen LogP contribution >= 0.6 is 11.3 Å². The molecular weight excluding hydrogens is 324 g/mol. The minimum absolute atomic E-state index is 0.0644. The van der Waals surface area contributed by atoms with E-state index in [0.29, 0.717) is 25.3 Å². The second-order valence-corrected chi connectivity index (χ2v) is 7.06. The van der Waals surface area contributed by atoms with E-state index in [4.69, 9.17) is 0 Å². The Hall–Kier alpha value is -1.63. The first kappa shape index (κ1) is 18.7. The molecule has 0 radical (unpaired) electrons. The maximum absolute atomic E-state index is 12.6. The van der Waals surface area contributed by atoms with E-state index in [1.165, 1.54) is 11.3 Å². The fourth-order valence-corrected chi connectivity index (χ4v) is 3.47. The smallest absolute Gasteiger partial charge is 0.273 e. The van der Waals surface area contributed by atoms with Crippen LogP contribution in [0.15, 0.2) is 5.38 Å². The number of carbonyl (C=O) groups excluding carboxylic acids is 2. The molecule has 1 fully saturated rings.